The average Bonchev–Trinajstić information content (AvgIpc) is 2.73. The van der Waals surface area contributed by atoms with E-state index in [1.807, 2.05) is 0 Å². The summed E-state index contributed by atoms with van der Waals surface area (Å²) in [4.78, 5) is 3.46. The summed E-state index contributed by atoms with van der Waals surface area (Å²) in [6.45, 7) is 6.80. The highest BCUT2D eigenvalue weighted by Gasteiger charge is 2.08. The molecule has 0 aliphatic heterocycles. The number of benzene rings is 2. The monoisotopic (exact) mass is 263 g/mol. The summed E-state index contributed by atoms with van der Waals surface area (Å²) in [6, 6.07) is 14.9. The summed E-state index contributed by atoms with van der Waals surface area (Å²) in [5.41, 5.74) is 6.87. The van der Waals surface area contributed by atoms with Gasteiger partial charge in [-0.25, -0.2) is 0 Å². The molecule has 19 heavy (non-hydrogen) atoms. The molecule has 0 saturated carbocycles. The molecule has 3 aromatic rings. The lowest BCUT2D eigenvalue weighted by molar-refractivity contribution is 1.54. The van der Waals surface area contributed by atoms with Crippen LogP contribution >= 0.6 is 0 Å². The predicted octanol–water partition coefficient (Wildman–Crippen LogP) is 4.55. The van der Waals surface area contributed by atoms with Crippen molar-refractivity contribution >= 4 is 29.9 Å². The largest absolute Gasteiger partial charge is 0.354 e. The number of fused-ring (bicyclic) bond motifs is 3. The summed E-state index contributed by atoms with van der Waals surface area (Å²) < 4.78 is 0. The molecule has 0 spiro atoms. The van der Waals surface area contributed by atoms with Gasteiger partial charge in [-0.2, -0.15) is 0 Å². The molecule has 0 aliphatic carbocycles. The Labute approximate surface area is 114 Å². The van der Waals surface area contributed by atoms with Crippen LogP contribution in [0.2, 0.25) is 19.6 Å². The van der Waals surface area contributed by atoms with Gasteiger partial charge in [0.05, 0.1) is 0 Å². The van der Waals surface area contributed by atoms with Gasteiger partial charge >= 0.3 is 0 Å². The molecule has 2 aromatic carbocycles. The lowest BCUT2D eigenvalue weighted by Crippen LogP contribution is -2.16. The predicted molar refractivity (Wildman–Crippen MR) is 86.0 cm³/mol. The van der Waals surface area contributed by atoms with Crippen LogP contribution in [-0.2, 0) is 0 Å². The number of aromatic nitrogens is 1. The first-order valence-corrected chi connectivity index (χ1v) is 10.1. The highest BCUT2D eigenvalue weighted by molar-refractivity contribution is 6.83. The van der Waals surface area contributed by atoms with Gasteiger partial charge in [0.2, 0.25) is 0 Å². The Balaban J connectivity index is 2.15. The van der Waals surface area contributed by atoms with Crippen molar-refractivity contribution in [3.05, 3.63) is 48.0 Å². The van der Waals surface area contributed by atoms with E-state index in [1.165, 1.54) is 21.8 Å². The van der Waals surface area contributed by atoms with Gasteiger partial charge in [0.15, 0.2) is 0 Å². The third-order valence-electron chi connectivity index (χ3n) is 3.09. The van der Waals surface area contributed by atoms with Gasteiger partial charge in [0.25, 0.3) is 0 Å². The van der Waals surface area contributed by atoms with E-state index in [-0.39, 0.29) is 0 Å². The van der Waals surface area contributed by atoms with E-state index < -0.39 is 8.07 Å². The van der Waals surface area contributed by atoms with E-state index in [9.17, 15) is 0 Å². The van der Waals surface area contributed by atoms with Gasteiger partial charge in [0, 0.05) is 27.4 Å². The van der Waals surface area contributed by atoms with Crippen LogP contribution in [0.15, 0.2) is 42.5 Å². The van der Waals surface area contributed by atoms with Crippen LogP contribution in [0, 0.1) is 11.5 Å². The number of hydrogen-bond donors (Lipinski definition) is 1. The molecular formula is C17H17NSi. The van der Waals surface area contributed by atoms with Gasteiger partial charge in [-0.05, 0) is 18.2 Å². The van der Waals surface area contributed by atoms with E-state index in [2.05, 4.69) is 78.6 Å². The third-order valence-corrected chi connectivity index (χ3v) is 3.96. The van der Waals surface area contributed by atoms with Crippen LogP contribution in [0.4, 0.5) is 0 Å². The molecule has 0 bridgehead atoms. The molecule has 0 saturated heterocycles. The summed E-state index contributed by atoms with van der Waals surface area (Å²) in [5.74, 6) is 3.31. The van der Waals surface area contributed by atoms with E-state index >= 15 is 0 Å². The molecule has 0 atom stereocenters. The number of aromatic amines is 1. The molecular weight excluding hydrogens is 246 g/mol. The van der Waals surface area contributed by atoms with Crippen LogP contribution in [0.3, 0.4) is 0 Å². The van der Waals surface area contributed by atoms with Crippen LogP contribution in [0.5, 0.6) is 0 Å². The van der Waals surface area contributed by atoms with Gasteiger partial charge in [-0.15, -0.1) is 5.54 Å². The van der Waals surface area contributed by atoms with Gasteiger partial charge in [-0.3, -0.25) is 0 Å². The minimum absolute atomic E-state index is 1.10. The van der Waals surface area contributed by atoms with Crippen molar-refractivity contribution in [2.75, 3.05) is 0 Å². The molecule has 3 rings (SSSR count). The van der Waals surface area contributed by atoms with E-state index in [1.54, 1.807) is 0 Å². The zero-order chi connectivity index (χ0) is 13.5. The number of hydrogen-bond acceptors (Lipinski definition) is 0. The number of rotatable bonds is 0. The quantitative estimate of drug-likeness (QED) is 0.452. The highest BCUT2D eigenvalue weighted by atomic mass is 28.3. The fourth-order valence-electron chi connectivity index (χ4n) is 2.19. The minimum Gasteiger partial charge on any atom is -0.354 e. The minimum atomic E-state index is -1.31. The van der Waals surface area contributed by atoms with Crippen LogP contribution in [0.1, 0.15) is 5.56 Å². The lowest BCUT2D eigenvalue weighted by Gasteiger charge is -2.03. The SMILES string of the molecule is C[Si](C)(C)C#Cc1ccc2c(c1)[nH]c1ccccc12. The zero-order valence-corrected chi connectivity index (χ0v) is 12.5. The molecule has 1 nitrogen and oxygen atoms in total. The first kappa shape index (κ1) is 12.1. The van der Waals surface area contributed by atoms with E-state index in [4.69, 9.17) is 0 Å². The normalized spacial score (nSPS) is 11.5. The second-order valence-electron chi connectivity index (χ2n) is 5.93. The van der Waals surface area contributed by atoms with Gasteiger partial charge < -0.3 is 4.98 Å². The summed E-state index contributed by atoms with van der Waals surface area (Å²) >= 11 is 0. The Morgan fingerprint density at radius 3 is 2.42 bits per heavy atom. The van der Waals surface area contributed by atoms with Crippen molar-refractivity contribution in [2.45, 2.75) is 19.6 Å². The standard InChI is InChI=1S/C17H17NSi/c1-19(2,3)11-10-13-8-9-15-14-6-4-5-7-16(14)18-17(15)12-13/h4-9,12,18H,1-3H3. The van der Waals surface area contributed by atoms with Gasteiger partial charge in [0.1, 0.15) is 8.07 Å². The fraction of sp³-hybridized carbons (Fsp3) is 0.176. The number of para-hydroxylation sites is 1. The van der Waals surface area contributed by atoms with Crippen LogP contribution in [-0.4, -0.2) is 13.1 Å². The van der Waals surface area contributed by atoms with Crippen molar-refractivity contribution in [1.82, 2.24) is 4.98 Å². The van der Waals surface area contributed by atoms with E-state index in [0.717, 1.165) is 5.56 Å². The first-order valence-electron chi connectivity index (χ1n) is 6.57. The summed E-state index contributed by atoms with van der Waals surface area (Å²) in [6.07, 6.45) is 0. The molecule has 2 heteroatoms. The molecule has 0 aliphatic rings. The zero-order valence-electron chi connectivity index (χ0n) is 11.5. The molecule has 0 radical (unpaired) electrons. The molecule has 0 unspecified atom stereocenters. The smallest absolute Gasteiger partial charge is 0.129 e. The Kier molecular flexibility index (Phi) is 2.73. The Morgan fingerprint density at radius 1 is 0.895 bits per heavy atom. The van der Waals surface area contributed by atoms with Crippen LogP contribution < -0.4 is 0 Å². The van der Waals surface area contributed by atoms with Crippen molar-refractivity contribution in [2.24, 2.45) is 0 Å². The third kappa shape index (κ3) is 2.43. The maximum absolute atomic E-state index is 3.46. The number of H-pyrrole nitrogens is 1. The topological polar surface area (TPSA) is 15.8 Å². The fourth-order valence-corrected chi connectivity index (χ4v) is 2.71. The second kappa shape index (κ2) is 4.29. The highest BCUT2D eigenvalue weighted by Crippen LogP contribution is 2.25. The molecule has 0 amide bonds. The van der Waals surface area contributed by atoms with Crippen molar-refractivity contribution < 1.29 is 0 Å². The average molecular weight is 263 g/mol. The first-order chi connectivity index (χ1) is 9.03. The maximum Gasteiger partial charge on any atom is 0.129 e. The van der Waals surface area contributed by atoms with E-state index in [0.29, 0.717) is 0 Å². The molecule has 1 aromatic heterocycles. The molecule has 0 fully saturated rings. The maximum atomic E-state index is 3.46. The Bertz CT molecular complexity index is 810. The number of nitrogens with one attached hydrogen (secondary N) is 1. The Morgan fingerprint density at radius 2 is 1.63 bits per heavy atom. The summed E-state index contributed by atoms with van der Waals surface area (Å²) in [7, 11) is -1.31. The molecule has 1 heterocycles. The van der Waals surface area contributed by atoms with Crippen molar-refractivity contribution in [1.29, 1.82) is 0 Å². The lowest BCUT2D eigenvalue weighted by atomic mass is 10.1. The Hall–Kier alpha value is -1.98. The van der Waals surface area contributed by atoms with Gasteiger partial charge in [-0.1, -0.05) is 49.8 Å². The van der Waals surface area contributed by atoms with Crippen molar-refractivity contribution in [3.63, 3.8) is 0 Å². The second-order valence-corrected chi connectivity index (χ2v) is 10.7. The molecule has 1 N–H and O–H groups in total. The van der Waals surface area contributed by atoms with Crippen molar-refractivity contribution in [3.8, 4) is 11.5 Å². The summed E-state index contributed by atoms with van der Waals surface area (Å²) in [5, 5.41) is 2.55. The molecule has 94 valence electrons. The van der Waals surface area contributed by atoms with Crippen LogP contribution in [0.25, 0.3) is 21.8 Å².